The maximum atomic E-state index is 11.9. The zero-order valence-corrected chi connectivity index (χ0v) is 14.6. The largest absolute Gasteiger partial charge is 0.366 e. The van der Waals surface area contributed by atoms with E-state index in [0.717, 1.165) is 21.8 Å². The van der Waals surface area contributed by atoms with Gasteiger partial charge in [0, 0.05) is 27.4 Å². The average Bonchev–Trinajstić information content (AvgIpc) is 2.96. The smallest absolute Gasteiger partial charge is 0.249 e. The number of benzene rings is 3. The number of aromatic amines is 1. The molecule has 25 heavy (non-hydrogen) atoms. The molecule has 0 saturated heterocycles. The molecule has 0 radical (unpaired) electrons. The molecule has 124 valence electrons. The lowest BCUT2D eigenvalue weighted by Crippen LogP contribution is -2.10. The van der Waals surface area contributed by atoms with Crippen LogP contribution in [0.1, 0.15) is 27.0 Å². The first-order valence-electron chi connectivity index (χ1n) is 8.39. The van der Waals surface area contributed by atoms with Gasteiger partial charge in [-0.05, 0) is 61.2 Å². The summed E-state index contributed by atoms with van der Waals surface area (Å²) < 4.78 is 0. The first-order valence-corrected chi connectivity index (χ1v) is 8.39. The molecule has 1 heterocycles. The van der Waals surface area contributed by atoms with Crippen molar-refractivity contribution < 1.29 is 4.79 Å². The lowest BCUT2D eigenvalue weighted by molar-refractivity contribution is 0.100. The lowest BCUT2D eigenvalue weighted by Gasteiger charge is -2.12. The molecule has 0 fully saturated rings. The second-order valence-corrected chi connectivity index (χ2v) is 6.68. The molecule has 1 aromatic heterocycles. The van der Waals surface area contributed by atoms with Gasteiger partial charge in [0.2, 0.25) is 5.91 Å². The van der Waals surface area contributed by atoms with Crippen molar-refractivity contribution in [1.29, 1.82) is 0 Å². The van der Waals surface area contributed by atoms with E-state index in [1.807, 2.05) is 12.1 Å². The number of hydrogen-bond donors (Lipinski definition) is 2. The van der Waals surface area contributed by atoms with Gasteiger partial charge in [0.1, 0.15) is 0 Å². The van der Waals surface area contributed by atoms with Crippen molar-refractivity contribution in [3.8, 4) is 11.1 Å². The standard InChI is InChI=1S/C22H20N2O/c1-12-6-4-7-15(10-12)17-11-18-20-16(22(23)25)8-5-9-19(20)24-21(18)14(3)13(17)2/h4-11,24H,1-3H3,(H2,23,25). The Morgan fingerprint density at radius 3 is 2.44 bits per heavy atom. The Labute approximate surface area is 146 Å². The number of aromatic nitrogens is 1. The van der Waals surface area contributed by atoms with E-state index in [9.17, 15) is 4.79 Å². The maximum Gasteiger partial charge on any atom is 0.249 e. The van der Waals surface area contributed by atoms with Gasteiger partial charge in [-0.3, -0.25) is 4.79 Å². The van der Waals surface area contributed by atoms with Crippen molar-refractivity contribution in [2.24, 2.45) is 5.73 Å². The molecule has 0 aliphatic rings. The van der Waals surface area contributed by atoms with Gasteiger partial charge in [0.25, 0.3) is 0 Å². The molecule has 4 aromatic rings. The molecule has 3 aromatic carbocycles. The number of aryl methyl sites for hydroxylation is 2. The molecule has 0 bridgehead atoms. The molecule has 3 nitrogen and oxygen atoms in total. The number of primary amides is 1. The molecule has 0 spiro atoms. The van der Waals surface area contributed by atoms with Crippen LogP contribution in [-0.2, 0) is 0 Å². The Balaban J connectivity index is 2.15. The molecule has 3 N–H and O–H groups in total. The fourth-order valence-electron chi connectivity index (χ4n) is 3.67. The molecule has 0 aliphatic heterocycles. The van der Waals surface area contributed by atoms with Gasteiger partial charge in [-0.2, -0.15) is 0 Å². The Hall–Kier alpha value is -3.07. The highest BCUT2D eigenvalue weighted by atomic mass is 16.1. The molecule has 0 saturated carbocycles. The number of hydrogen-bond acceptors (Lipinski definition) is 1. The molecule has 0 atom stereocenters. The molecule has 3 heteroatoms. The Morgan fingerprint density at radius 2 is 1.72 bits per heavy atom. The quantitative estimate of drug-likeness (QED) is 0.534. The van der Waals surface area contributed by atoms with E-state index in [-0.39, 0.29) is 0 Å². The van der Waals surface area contributed by atoms with Crippen LogP contribution >= 0.6 is 0 Å². The Morgan fingerprint density at radius 1 is 0.960 bits per heavy atom. The van der Waals surface area contributed by atoms with E-state index in [2.05, 4.69) is 56.1 Å². The molecule has 4 rings (SSSR count). The number of rotatable bonds is 2. The van der Waals surface area contributed by atoms with Crippen LogP contribution in [0, 0.1) is 20.8 Å². The van der Waals surface area contributed by atoms with E-state index in [1.165, 1.54) is 27.8 Å². The topological polar surface area (TPSA) is 58.9 Å². The molecule has 0 aliphatic carbocycles. The summed E-state index contributed by atoms with van der Waals surface area (Å²) in [6, 6.07) is 16.3. The molecule has 0 unspecified atom stereocenters. The minimum atomic E-state index is -0.401. The van der Waals surface area contributed by atoms with E-state index in [0.29, 0.717) is 5.56 Å². The number of carbonyl (C=O) groups is 1. The number of H-pyrrole nitrogens is 1. The summed E-state index contributed by atoms with van der Waals surface area (Å²) >= 11 is 0. The van der Waals surface area contributed by atoms with E-state index in [1.54, 1.807) is 6.07 Å². The fraction of sp³-hybridized carbons (Fsp3) is 0.136. The second kappa shape index (κ2) is 5.49. The van der Waals surface area contributed by atoms with Crippen LogP contribution in [0.5, 0.6) is 0 Å². The van der Waals surface area contributed by atoms with Gasteiger partial charge in [-0.25, -0.2) is 0 Å². The Bertz CT molecular complexity index is 1150. The van der Waals surface area contributed by atoms with E-state index >= 15 is 0 Å². The normalized spacial score (nSPS) is 11.3. The highest BCUT2D eigenvalue weighted by Gasteiger charge is 2.16. The van der Waals surface area contributed by atoms with Crippen molar-refractivity contribution in [3.05, 3.63) is 70.8 Å². The van der Waals surface area contributed by atoms with Gasteiger partial charge in [0.15, 0.2) is 0 Å². The van der Waals surface area contributed by atoms with Gasteiger partial charge < -0.3 is 10.7 Å². The summed E-state index contributed by atoms with van der Waals surface area (Å²) in [7, 11) is 0. The molecule has 1 amide bonds. The third-order valence-electron chi connectivity index (χ3n) is 5.09. The molecular weight excluding hydrogens is 308 g/mol. The third kappa shape index (κ3) is 2.31. The fourth-order valence-corrected chi connectivity index (χ4v) is 3.67. The number of fused-ring (bicyclic) bond motifs is 3. The highest BCUT2D eigenvalue weighted by Crippen LogP contribution is 2.37. The minimum Gasteiger partial charge on any atom is -0.366 e. The van der Waals surface area contributed by atoms with Crippen molar-refractivity contribution in [2.45, 2.75) is 20.8 Å². The van der Waals surface area contributed by atoms with Crippen molar-refractivity contribution in [3.63, 3.8) is 0 Å². The summed E-state index contributed by atoms with van der Waals surface area (Å²) in [4.78, 5) is 15.4. The van der Waals surface area contributed by atoms with Gasteiger partial charge in [-0.15, -0.1) is 0 Å². The SMILES string of the molecule is Cc1cccc(-c2cc3c([nH]c4cccc(C(N)=O)c43)c(C)c2C)c1. The number of nitrogens with one attached hydrogen (secondary N) is 1. The van der Waals surface area contributed by atoms with Gasteiger partial charge in [-0.1, -0.05) is 35.9 Å². The summed E-state index contributed by atoms with van der Waals surface area (Å²) in [5.74, 6) is -0.401. The first kappa shape index (κ1) is 15.5. The third-order valence-corrected chi connectivity index (χ3v) is 5.09. The van der Waals surface area contributed by atoms with Crippen LogP contribution < -0.4 is 5.73 Å². The van der Waals surface area contributed by atoms with Crippen LogP contribution in [0.4, 0.5) is 0 Å². The van der Waals surface area contributed by atoms with Crippen LogP contribution in [0.2, 0.25) is 0 Å². The van der Waals surface area contributed by atoms with Crippen LogP contribution in [0.3, 0.4) is 0 Å². The molecular formula is C22H20N2O. The minimum absolute atomic E-state index is 0.401. The lowest BCUT2D eigenvalue weighted by atomic mass is 9.92. The first-order chi connectivity index (χ1) is 12.0. The van der Waals surface area contributed by atoms with Crippen LogP contribution in [-0.4, -0.2) is 10.9 Å². The van der Waals surface area contributed by atoms with E-state index in [4.69, 9.17) is 5.73 Å². The number of amides is 1. The van der Waals surface area contributed by atoms with Crippen molar-refractivity contribution in [1.82, 2.24) is 4.98 Å². The second-order valence-electron chi connectivity index (χ2n) is 6.68. The predicted octanol–water partition coefficient (Wildman–Crippen LogP) is 5.01. The van der Waals surface area contributed by atoms with Crippen molar-refractivity contribution in [2.75, 3.05) is 0 Å². The number of carbonyl (C=O) groups excluding carboxylic acids is 1. The summed E-state index contributed by atoms with van der Waals surface area (Å²) in [6.45, 7) is 6.37. The highest BCUT2D eigenvalue weighted by molar-refractivity contribution is 6.18. The average molecular weight is 328 g/mol. The number of nitrogens with two attached hydrogens (primary N) is 1. The van der Waals surface area contributed by atoms with Crippen LogP contribution in [0.15, 0.2) is 48.5 Å². The van der Waals surface area contributed by atoms with Gasteiger partial charge >= 0.3 is 0 Å². The van der Waals surface area contributed by atoms with Crippen LogP contribution in [0.25, 0.3) is 32.9 Å². The summed E-state index contributed by atoms with van der Waals surface area (Å²) in [6.07, 6.45) is 0. The van der Waals surface area contributed by atoms with Crippen molar-refractivity contribution >= 4 is 27.7 Å². The maximum absolute atomic E-state index is 11.9. The monoisotopic (exact) mass is 328 g/mol. The summed E-state index contributed by atoms with van der Waals surface area (Å²) in [5.41, 5.74) is 14.2. The Kier molecular flexibility index (Phi) is 3.39. The van der Waals surface area contributed by atoms with Gasteiger partial charge in [0.05, 0.1) is 0 Å². The zero-order valence-electron chi connectivity index (χ0n) is 14.6. The van der Waals surface area contributed by atoms with E-state index < -0.39 is 5.91 Å². The zero-order chi connectivity index (χ0) is 17.7. The predicted molar refractivity (Wildman–Crippen MR) is 104 cm³/mol. The summed E-state index contributed by atoms with van der Waals surface area (Å²) in [5, 5.41) is 1.95.